The zero-order chi connectivity index (χ0) is 18.1. The highest BCUT2D eigenvalue weighted by molar-refractivity contribution is 5.78. The third-order valence-electron chi connectivity index (χ3n) is 4.12. The molecule has 2 rings (SSSR count). The summed E-state index contributed by atoms with van der Waals surface area (Å²) < 4.78 is 16.3. The quantitative estimate of drug-likeness (QED) is 0.675. The first-order valence-electron chi connectivity index (χ1n) is 8.94. The number of likely N-dealkylation sites (tertiary alicyclic amines) is 1. The van der Waals surface area contributed by atoms with Crippen LogP contribution in [0.15, 0.2) is 24.3 Å². The van der Waals surface area contributed by atoms with Gasteiger partial charge in [0.2, 0.25) is 5.91 Å². The van der Waals surface area contributed by atoms with Crippen LogP contribution < -0.4 is 9.47 Å². The summed E-state index contributed by atoms with van der Waals surface area (Å²) in [4.78, 5) is 26.0. The molecule has 6 heteroatoms. The van der Waals surface area contributed by atoms with E-state index in [0.717, 1.165) is 12.8 Å². The third-order valence-corrected chi connectivity index (χ3v) is 4.12. The molecule has 0 spiro atoms. The minimum atomic E-state index is -0.211. The summed E-state index contributed by atoms with van der Waals surface area (Å²) in [5.74, 6) is 0.903. The minimum absolute atomic E-state index is 0.00268. The highest BCUT2D eigenvalue weighted by Crippen LogP contribution is 2.26. The molecule has 1 heterocycles. The van der Waals surface area contributed by atoms with Crippen LogP contribution in [0.25, 0.3) is 0 Å². The Balaban J connectivity index is 1.81. The van der Waals surface area contributed by atoms with Gasteiger partial charge in [0, 0.05) is 13.1 Å². The lowest BCUT2D eigenvalue weighted by Gasteiger charge is -2.31. The monoisotopic (exact) mass is 349 g/mol. The van der Waals surface area contributed by atoms with E-state index in [2.05, 4.69) is 0 Å². The second-order valence-electron chi connectivity index (χ2n) is 5.91. The van der Waals surface area contributed by atoms with Crippen LogP contribution in [0.3, 0.4) is 0 Å². The van der Waals surface area contributed by atoms with Crippen LogP contribution in [0, 0.1) is 5.92 Å². The maximum Gasteiger partial charge on any atom is 0.310 e. The van der Waals surface area contributed by atoms with E-state index in [1.807, 2.05) is 31.2 Å². The molecule has 25 heavy (non-hydrogen) atoms. The van der Waals surface area contributed by atoms with Gasteiger partial charge < -0.3 is 19.1 Å². The predicted octanol–water partition coefficient (Wildman–Crippen LogP) is 2.66. The first-order chi connectivity index (χ1) is 12.2. The number of carbonyl (C=O) groups excluding carboxylic acids is 2. The number of piperidine rings is 1. The predicted molar refractivity (Wildman–Crippen MR) is 93.7 cm³/mol. The van der Waals surface area contributed by atoms with Crippen molar-refractivity contribution in [2.45, 2.75) is 33.1 Å². The van der Waals surface area contributed by atoms with Gasteiger partial charge in [0.25, 0.3) is 0 Å². The summed E-state index contributed by atoms with van der Waals surface area (Å²) in [5.41, 5.74) is 0. The van der Waals surface area contributed by atoms with E-state index in [0.29, 0.717) is 37.8 Å². The van der Waals surface area contributed by atoms with E-state index in [9.17, 15) is 9.59 Å². The molecule has 1 aliphatic heterocycles. The maximum atomic E-state index is 12.4. The molecule has 1 unspecified atom stereocenters. The van der Waals surface area contributed by atoms with Crippen molar-refractivity contribution in [2.24, 2.45) is 5.92 Å². The van der Waals surface area contributed by atoms with Gasteiger partial charge in [-0.15, -0.1) is 0 Å². The molecule has 0 aromatic heterocycles. The lowest BCUT2D eigenvalue weighted by Crippen LogP contribution is -2.43. The molecule has 0 N–H and O–H groups in total. The molecule has 1 fully saturated rings. The van der Waals surface area contributed by atoms with E-state index >= 15 is 0 Å². The van der Waals surface area contributed by atoms with Gasteiger partial charge in [0.1, 0.15) is 0 Å². The number of carbonyl (C=O) groups is 2. The summed E-state index contributed by atoms with van der Waals surface area (Å²) in [6.07, 6.45) is 1.88. The van der Waals surface area contributed by atoms with Gasteiger partial charge in [-0.25, -0.2) is 0 Å². The van der Waals surface area contributed by atoms with Crippen molar-refractivity contribution in [1.82, 2.24) is 4.90 Å². The summed E-state index contributed by atoms with van der Waals surface area (Å²) in [6, 6.07) is 7.42. The van der Waals surface area contributed by atoms with Crippen LogP contribution in [0.5, 0.6) is 11.5 Å². The van der Waals surface area contributed by atoms with E-state index in [4.69, 9.17) is 14.2 Å². The zero-order valence-electron chi connectivity index (χ0n) is 15.0. The Morgan fingerprint density at radius 2 is 1.84 bits per heavy atom. The molecule has 1 aliphatic rings. The molecule has 1 aromatic carbocycles. The SMILES string of the molecule is CCOC(=O)C1CCCN(C(=O)CCOc2ccccc2OCC)C1. The van der Waals surface area contributed by atoms with E-state index in [-0.39, 0.29) is 30.8 Å². The summed E-state index contributed by atoms with van der Waals surface area (Å²) in [6.45, 7) is 6.04. The Bertz CT molecular complexity index is 575. The standard InChI is InChI=1S/C19H27NO5/c1-3-23-16-9-5-6-10-17(16)25-13-11-18(21)20-12-7-8-15(14-20)19(22)24-4-2/h5-6,9-10,15H,3-4,7-8,11-14H2,1-2H3. The Kier molecular flexibility index (Phi) is 7.57. The van der Waals surface area contributed by atoms with Gasteiger partial charge in [-0.05, 0) is 38.8 Å². The number of esters is 1. The molecule has 1 saturated heterocycles. The largest absolute Gasteiger partial charge is 0.490 e. The van der Waals surface area contributed by atoms with Crippen molar-refractivity contribution in [2.75, 3.05) is 32.9 Å². The smallest absolute Gasteiger partial charge is 0.310 e. The molecular formula is C19H27NO5. The number of hydrogen-bond acceptors (Lipinski definition) is 5. The molecule has 1 amide bonds. The van der Waals surface area contributed by atoms with Crippen LogP contribution in [0.4, 0.5) is 0 Å². The highest BCUT2D eigenvalue weighted by Gasteiger charge is 2.29. The number of nitrogens with zero attached hydrogens (tertiary/aromatic N) is 1. The number of amides is 1. The fraction of sp³-hybridized carbons (Fsp3) is 0.579. The first-order valence-corrected chi connectivity index (χ1v) is 8.94. The van der Waals surface area contributed by atoms with E-state index in [1.165, 1.54) is 0 Å². The second kappa shape index (κ2) is 9.91. The van der Waals surface area contributed by atoms with Crippen LogP contribution in [-0.2, 0) is 14.3 Å². The fourth-order valence-corrected chi connectivity index (χ4v) is 2.91. The van der Waals surface area contributed by atoms with Crippen molar-refractivity contribution >= 4 is 11.9 Å². The zero-order valence-corrected chi connectivity index (χ0v) is 15.0. The molecule has 1 aromatic rings. The molecule has 6 nitrogen and oxygen atoms in total. The molecule has 138 valence electrons. The van der Waals surface area contributed by atoms with Gasteiger partial charge in [-0.1, -0.05) is 12.1 Å². The number of benzene rings is 1. The van der Waals surface area contributed by atoms with Gasteiger partial charge >= 0.3 is 5.97 Å². The Hall–Kier alpha value is -2.24. The van der Waals surface area contributed by atoms with Crippen molar-refractivity contribution in [1.29, 1.82) is 0 Å². The molecule has 1 atom stereocenters. The highest BCUT2D eigenvalue weighted by atomic mass is 16.5. The molecule has 0 saturated carbocycles. The molecule has 0 radical (unpaired) electrons. The van der Waals surface area contributed by atoms with Crippen LogP contribution in [-0.4, -0.2) is 49.7 Å². The number of ether oxygens (including phenoxy) is 3. The van der Waals surface area contributed by atoms with Crippen molar-refractivity contribution in [3.05, 3.63) is 24.3 Å². The average molecular weight is 349 g/mol. The minimum Gasteiger partial charge on any atom is -0.490 e. The lowest BCUT2D eigenvalue weighted by atomic mass is 9.98. The first kappa shape index (κ1) is 19.1. The summed E-state index contributed by atoms with van der Waals surface area (Å²) in [7, 11) is 0. The van der Waals surface area contributed by atoms with Crippen LogP contribution >= 0.6 is 0 Å². The van der Waals surface area contributed by atoms with Gasteiger partial charge in [-0.3, -0.25) is 9.59 Å². The number of rotatable bonds is 8. The Labute approximate surface area is 149 Å². The average Bonchev–Trinajstić information content (AvgIpc) is 2.63. The van der Waals surface area contributed by atoms with Gasteiger partial charge in [0.15, 0.2) is 11.5 Å². The normalized spacial score (nSPS) is 17.0. The van der Waals surface area contributed by atoms with E-state index in [1.54, 1.807) is 11.8 Å². The van der Waals surface area contributed by atoms with E-state index < -0.39 is 0 Å². The molecule has 0 bridgehead atoms. The Morgan fingerprint density at radius 1 is 1.12 bits per heavy atom. The van der Waals surface area contributed by atoms with Crippen molar-refractivity contribution in [3.8, 4) is 11.5 Å². The van der Waals surface area contributed by atoms with Crippen LogP contribution in [0.1, 0.15) is 33.1 Å². The topological polar surface area (TPSA) is 65.1 Å². The number of hydrogen-bond donors (Lipinski definition) is 0. The maximum absolute atomic E-state index is 12.4. The fourth-order valence-electron chi connectivity index (χ4n) is 2.91. The second-order valence-corrected chi connectivity index (χ2v) is 5.91. The van der Waals surface area contributed by atoms with Crippen LogP contribution in [0.2, 0.25) is 0 Å². The molecule has 0 aliphatic carbocycles. The summed E-state index contributed by atoms with van der Waals surface area (Å²) in [5, 5.41) is 0. The third kappa shape index (κ3) is 5.66. The lowest BCUT2D eigenvalue weighted by molar-refractivity contribution is -0.151. The van der Waals surface area contributed by atoms with Crippen molar-refractivity contribution < 1.29 is 23.8 Å². The Morgan fingerprint density at radius 3 is 2.52 bits per heavy atom. The van der Waals surface area contributed by atoms with Crippen molar-refractivity contribution in [3.63, 3.8) is 0 Å². The summed E-state index contributed by atoms with van der Waals surface area (Å²) >= 11 is 0. The molecular weight excluding hydrogens is 322 g/mol. The van der Waals surface area contributed by atoms with Gasteiger partial charge in [-0.2, -0.15) is 0 Å². The van der Waals surface area contributed by atoms with Gasteiger partial charge in [0.05, 0.1) is 32.2 Å². The number of para-hydroxylation sites is 2.